The van der Waals surface area contributed by atoms with Crippen LogP contribution in [0.3, 0.4) is 0 Å². The number of hydrogen-bond acceptors (Lipinski definition) is 7. The average Bonchev–Trinajstić information content (AvgIpc) is 2.98. The molecule has 0 N–H and O–H groups in total. The Balaban J connectivity index is 2.22. The third-order valence-corrected chi connectivity index (χ3v) is 6.74. The molecule has 0 saturated heterocycles. The molecule has 1 aromatic heterocycles. The van der Waals surface area contributed by atoms with Gasteiger partial charge in [0.05, 0.1) is 18.9 Å². The van der Waals surface area contributed by atoms with Crippen molar-refractivity contribution in [2.45, 2.75) is 19.0 Å². The molecule has 8 nitrogen and oxygen atoms in total. The van der Waals surface area contributed by atoms with Gasteiger partial charge < -0.3 is 13.6 Å². The molecule has 1 heterocycles. The minimum atomic E-state index is -3.44. The zero-order chi connectivity index (χ0) is 16.0. The van der Waals surface area contributed by atoms with Crippen LogP contribution >= 0.6 is 7.60 Å². The van der Waals surface area contributed by atoms with Crippen LogP contribution < -0.4 is 0 Å². The Morgan fingerprint density at radius 2 is 1.86 bits per heavy atom. The van der Waals surface area contributed by atoms with E-state index in [1.165, 1.54) is 4.68 Å². The molecule has 1 unspecified atom stereocenters. The van der Waals surface area contributed by atoms with E-state index in [9.17, 15) is 9.12 Å². The summed E-state index contributed by atoms with van der Waals surface area (Å²) in [5, 5.41) is 11.2. The van der Waals surface area contributed by atoms with Crippen molar-refractivity contribution in [2.75, 3.05) is 18.7 Å². The minimum absolute atomic E-state index is 0.103. The standard InChI is InChI=1S/C12H17N4O4PS/c1-3-19-21(17,20-4-2)10-22(18)12-13-14-15-16(12)11-8-6-5-7-9-11/h5-9H,3-4,10H2,1-2H3. The third-order valence-electron chi connectivity index (χ3n) is 2.57. The van der Waals surface area contributed by atoms with Gasteiger partial charge in [-0.05, 0) is 36.4 Å². The van der Waals surface area contributed by atoms with Crippen LogP contribution in [0.2, 0.25) is 0 Å². The van der Waals surface area contributed by atoms with Crippen molar-refractivity contribution in [3.63, 3.8) is 0 Å². The number of nitrogens with zero attached hydrogens (tertiary/aromatic N) is 4. The minimum Gasteiger partial charge on any atom is -0.608 e. The molecule has 0 aliphatic heterocycles. The molecule has 2 rings (SSSR count). The van der Waals surface area contributed by atoms with Gasteiger partial charge in [0.2, 0.25) is 5.49 Å². The molecule has 0 fully saturated rings. The van der Waals surface area contributed by atoms with Crippen molar-refractivity contribution in [1.29, 1.82) is 0 Å². The first-order chi connectivity index (χ1) is 10.6. The number of benzene rings is 1. The van der Waals surface area contributed by atoms with Crippen molar-refractivity contribution in [3.05, 3.63) is 30.3 Å². The number of para-hydroxylation sites is 1. The van der Waals surface area contributed by atoms with Gasteiger partial charge in [-0.15, -0.1) is 0 Å². The van der Waals surface area contributed by atoms with E-state index >= 15 is 0 Å². The number of tetrazole rings is 1. The van der Waals surface area contributed by atoms with Crippen LogP contribution in [-0.4, -0.2) is 43.5 Å². The van der Waals surface area contributed by atoms with Crippen LogP contribution in [0, 0.1) is 0 Å². The van der Waals surface area contributed by atoms with Crippen LogP contribution in [0.15, 0.2) is 35.5 Å². The second-order valence-corrected chi connectivity index (χ2v) is 7.96. The van der Waals surface area contributed by atoms with E-state index in [2.05, 4.69) is 15.5 Å². The maximum atomic E-state index is 12.5. The molecule has 120 valence electrons. The number of aromatic nitrogens is 4. The fraction of sp³-hybridized carbons (Fsp3) is 0.417. The summed E-state index contributed by atoms with van der Waals surface area (Å²) < 4.78 is 36.6. The predicted molar refractivity (Wildman–Crippen MR) is 81.3 cm³/mol. The second-order valence-electron chi connectivity index (χ2n) is 4.13. The molecule has 10 heteroatoms. The molecule has 0 aliphatic rings. The van der Waals surface area contributed by atoms with Gasteiger partial charge in [0.1, 0.15) is 0 Å². The molecule has 22 heavy (non-hydrogen) atoms. The van der Waals surface area contributed by atoms with E-state index in [0.29, 0.717) is 5.69 Å². The molecule has 0 bridgehead atoms. The summed E-state index contributed by atoms with van der Waals surface area (Å²) in [6.45, 7) is 3.81. The largest absolute Gasteiger partial charge is 0.608 e. The molecule has 0 amide bonds. The first kappa shape index (κ1) is 17.1. The third kappa shape index (κ3) is 4.15. The van der Waals surface area contributed by atoms with Crippen molar-refractivity contribution in [3.8, 4) is 5.69 Å². The molecule has 1 aromatic carbocycles. The van der Waals surface area contributed by atoms with Crippen molar-refractivity contribution >= 4 is 18.8 Å². The Morgan fingerprint density at radius 3 is 2.45 bits per heavy atom. The van der Waals surface area contributed by atoms with Gasteiger partial charge >= 0.3 is 12.8 Å². The summed E-state index contributed by atoms with van der Waals surface area (Å²) in [5.74, 6) is 0. The first-order valence-electron chi connectivity index (χ1n) is 6.70. The summed E-state index contributed by atoms with van der Waals surface area (Å²) in [5.41, 5.74) is 0.375. The van der Waals surface area contributed by atoms with E-state index in [0.717, 1.165) is 0 Å². The van der Waals surface area contributed by atoms with E-state index in [1.54, 1.807) is 26.0 Å². The fourth-order valence-electron chi connectivity index (χ4n) is 1.76. The van der Waals surface area contributed by atoms with Gasteiger partial charge in [-0.25, -0.2) is 0 Å². The summed E-state index contributed by atoms with van der Waals surface area (Å²) in [6, 6.07) is 9.04. The zero-order valence-corrected chi connectivity index (χ0v) is 14.0. The lowest BCUT2D eigenvalue weighted by Gasteiger charge is -2.17. The molecule has 2 aromatic rings. The average molecular weight is 344 g/mol. The van der Waals surface area contributed by atoms with E-state index < -0.39 is 18.8 Å². The van der Waals surface area contributed by atoms with Gasteiger partial charge in [-0.2, -0.15) is 4.68 Å². The van der Waals surface area contributed by atoms with Gasteiger partial charge in [-0.3, -0.25) is 4.57 Å². The predicted octanol–water partition coefficient (Wildman–Crippen LogP) is 1.99. The molecule has 0 saturated carbocycles. The summed E-state index contributed by atoms with van der Waals surface area (Å²) in [7, 11) is -3.44. The molecule has 0 spiro atoms. The summed E-state index contributed by atoms with van der Waals surface area (Å²) >= 11 is -1.72. The van der Waals surface area contributed by atoms with Gasteiger partial charge in [0.25, 0.3) is 0 Å². The zero-order valence-electron chi connectivity index (χ0n) is 12.3. The normalized spacial score (nSPS) is 13.2. The quantitative estimate of drug-likeness (QED) is 0.533. The number of hydrogen-bond donors (Lipinski definition) is 0. The van der Waals surface area contributed by atoms with Gasteiger partial charge in [0.15, 0.2) is 0 Å². The Labute approximate surface area is 131 Å². The summed E-state index contributed by atoms with van der Waals surface area (Å²) in [4.78, 5) is 0. The summed E-state index contributed by atoms with van der Waals surface area (Å²) in [6.07, 6.45) is 0. The van der Waals surface area contributed by atoms with E-state index in [4.69, 9.17) is 9.05 Å². The van der Waals surface area contributed by atoms with Crippen LogP contribution in [0.25, 0.3) is 5.69 Å². The van der Waals surface area contributed by atoms with Crippen molar-refractivity contribution in [2.24, 2.45) is 0 Å². The maximum absolute atomic E-state index is 12.5. The van der Waals surface area contributed by atoms with Crippen LogP contribution in [0.4, 0.5) is 0 Å². The molecular formula is C12H17N4O4PS. The highest BCUT2D eigenvalue weighted by atomic mass is 32.2. The molecular weight excluding hydrogens is 327 g/mol. The van der Waals surface area contributed by atoms with Gasteiger partial charge in [0, 0.05) is 11.2 Å². The fourth-order valence-corrected chi connectivity index (χ4v) is 5.29. The number of rotatable bonds is 8. The van der Waals surface area contributed by atoms with Crippen molar-refractivity contribution in [1.82, 2.24) is 20.2 Å². The van der Waals surface area contributed by atoms with E-state index in [1.807, 2.05) is 18.2 Å². The van der Waals surface area contributed by atoms with E-state index in [-0.39, 0.29) is 23.9 Å². The SMILES string of the molecule is CCOP(=O)(C[S+]([O-])c1nnnn1-c1ccccc1)OCC. The highest BCUT2D eigenvalue weighted by Gasteiger charge is 2.35. The lowest BCUT2D eigenvalue weighted by atomic mass is 10.3. The smallest absolute Gasteiger partial charge is 0.379 e. The lowest BCUT2D eigenvalue weighted by Crippen LogP contribution is -2.16. The van der Waals surface area contributed by atoms with Crippen LogP contribution in [0.1, 0.15) is 13.8 Å². The second kappa shape index (κ2) is 7.85. The highest BCUT2D eigenvalue weighted by molar-refractivity contribution is 7.97. The Hall–Kier alpha value is -1.25. The Kier molecular flexibility index (Phi) is 6.10. The monoisotopic (exact) mass is 344 g/mol. The highest BCUT2D eigenvalue weighted by Crippen LogP contribution is 2.49. The molecule has 1 atom stereocenters. The topological polar surface area (TPSA) is 102 Å². The van der Waals surface area contributed by atoms with Crippen LogP contribution in [-0.2, 0) is 24.8 Å². The Bertz CT molecular complexity index is 629. The lowest BCUT2D eigenvalue weighted by molar-refractivity contribution is 0.223. The molecule has 0 aliphatic carbocycles. The Morgan fingerprint density at radius 1 is 1.23 bits per heavy atom. The van der Waals surface area contributed by atoms with Crippen LogP contribution in [0.5, 0.6) is 0 Å². The molecule has 0 radical (unpaired) electrons. The van der Waals surface area contributed by atoms with Gasteiger partial charge in [-0.1, -0.05) is 23.3 Å². The first-order valence-corrected chi connectivity index (χ1v) is 9.74. The maximum Gasteiger partial charge on any atom is 0.379 e. The van der Waals surface area contributed by atoms with Crippen molar-refractivity contribution < 1.29 is 18.2 Å².